The van der Waals surface area contributed by atoms with Gasteiger partial charge in [-0.1, -0.05) is 6.07 Å². The van der Waals surface area contributed by atoms with E-state index < -0.39 is 0 Å². The minimum Gasteiger partial charge on any atom is -0.385 e. The molecule has 2 aromatic heterocycles. The first-order valence-corrected chi connectivity index (χ1v) is 10.3. The molecule has 1 N–H and O–H groups in total. The molecule has 4 rings (SSSR count). The van der Waals surface area contributed by atoms with Crippen molar-refractivity contribution >= 4 is 16.7 Å². The predicted molar refractivity (Wildman–Crippen MR) is 117 cm³/mol. The number of hydrogen-bond acceptors (Lipinski definition) is 5. The Kier molecular flexibility index (Phi) is 5.50. The Labute approximate surface area is 172 Å². The van der Waals surface area contributed by atoms with Crippen molar-refractivity contribution in [2.24, 2.45) is 13.0 Å². The zero-order valence-electron chi connectivity index (χ0n) is 17.4. The fourth-order valence-electron chi connectivity index (χ4n) is 4.18. The van der Waals surface area contributed by atoms with Crippen molar-refractivity contribution in [2.75, 3.05) is 32.0 Å². The van der Waals surface area contributed by atoms with E-state index in [0.29, 0.717) is 0 Å². The largest absolute Gasteiger partial charge is 0.385 e. The molecule has 0 amide bonds. The van der Waals surface area contributed by atoms with E-state index in [2.05, 4.69) is 58.4 Å². The van der Waals surface area contributed by atoms with Gasteiger partial charge in [0.25, 0.3) is 0 Å². The summed E-state index contributed by atoms with van der Waals surface area (Å²) in [6.07, 6.45) is 5.78. The van der Waals surface area contributed by atoms with Crippen molar-refractivity contribution in [3.8, 4) is 17.3 Å². The Morgan fingerprint density at radius 3 is 2.69 bits per heavy atom. The molecular formula is C23H28N6. The number of nitriles is 1. The van der Waals surface area contributed by atoms with Gasteiger partial charge in [-0.25, -0.2) is 9.97 Å². The van der Waals surface area contributed by atoms with E-state index in [-0.39, 0.29) is 5.82 Å². The summed E-state index contributed by atoms with van der Waals surface area (Å²) in [5.74, 6) is 1.03. The van der Waals surface area contributed by atoms with E-state index in [9.17, 15) is 5.26 Å². The van der Waals surface area contributed by atoms with E-state index in [4.69, 9.17) is 0 Å². The molecule has 0 radical (unpaired) electrons. The number of rotatable bonds is 5. The van der Waals surface area contributed by atoms with Crippen molar-refractivity contribution in [3.05, 3.63) is 41.9 Å². The van der Waals surface area contributed by atoms with E-state index >= 15 is 0 Å². The first kappa shape index (κ1) is 19.4. The molecule has 1 fully saturated rings. The number of fused-ring (bicyclic) bond motifs is 1. The Balaban J connectivity index is 1.51. The van der Waals surface area contributed by atoms with Gasteiger partial charge < -0.3 is 14.8 Å². The van der Waals surface area contributed by atoms with Crippen molar-refractivity contribution in [1.82, 2.24) is 19.4 Å². The number of nitrogens with zero attached hydrogens (tertiary/aromatic N) is 5. The quantitative estimate of drug-likeness (QED) is 0.716. The summed E-state index contributed by atoms with van der Waals surface area (Å²) in [6.45, 7) is 5.56. The molecule has 1 saturated heterocycles. The third-order valence-electron chi connectivity index (χ3n) is 6.03. The van der Waals surface area contributed by atoms with Crippen LogP contribution in [0.3, 0.4) is 0 Å². The molecule has 1 aromatic carbocycles. The van der Waals surface area contributed by atoms with Gasteiger partial charge in [0.2, 0.25) is 5.82 Å². The van der Waals surface area contributed by atoms with Crippen LogP contribution in [0.25, 0.3) is 22.3 Å². The number of piperidine rings is 1. The molecule has 0 saturated carbocycles. The van der Waals surface area contributed by atoms with Crippen LogP contribution >= 0.6 is 0 Å². The molecule has 6 nitrogen and oxygen atoms in total. The average Bonchev–Trinajstić information content (AvgIpc) is 3.10. The molecule has 1 aliphatic rings. The fraction of sp³-hybridized carbons (Fsp3) is 0.435. The Bertz CT molecular complexity index is 1050. The smallest absolute Gasteiger partial charge is 0.234 e. The first-order valence-electron chi connectivity index (χ1n) is 10.3. The summed E-state index contributed by atoms with van der Waals surface area (Å²) in [5.41, 5.74) is 4.96. The molecule has 0 spiro atoms. The monoisotopic (exact) mass is 388 g/mol. The van der Waals surface area contributed by atoms with Crippen LogP contribution in [0, 0.1) is 24.2 Å². The standard InChI is InChI=1S/C23H28N6/c1-16-14-18(22-19-9-13-29(3)23(19)27-21(15-24)26-22)4-5-20(16)25-10-6-17-7-11-28(2)12-8-17/h4-5,9,13-14,17,25H,6-8,10-12H2,1-3H3. The van der Waals surface area contributed by atoms with Crippen molar-refractivity contribution in [1.29, 1.82) is 5.26 Å². The lowest BCUT2D eigenvalue weighted by atomic mass is 9.94. The van der Waals surface area contributed by atoms with Gasteiger partial charge in [0, 0.05) is 36.4 Å². The first-order chi connectivity index (χ1) is 14.0. The van der Waals surface area contributed by atoms with Crippen LogP contribution in [0.1, 0.15) is 30.7 Å². The fourth-order valence-corrected chi connectivity index (χ4v) is 4.18. The molecule has 0 aliphatic carbocycles. The second-order valence-corrected chi connectivity index (χ2v) is 8.16. The maximum atomic E-state index is 9.32. The molecule has 0 bridgehead atoms. The summed E-state index contributed by atoms with van der Waals surface area (Å²) in [5, 5.41) is 13.9. The zero-order chi connectivity index (χ0) is 20.4. The van der Waals surface area contributed by atoms with Crippen LogP contribution in [-0.2, 0) is 7.05 Å². The molecule has 3 aromatic rings. The van der Waals surface area contributed by atoms with Gasteiger partial charge in [0.05, 0.1) is 5.69 Å². The number of hydrogen-bond donors (Lipinski definition) is 1. The van der Waals surface area contributed by atoms with Gasteiger partial charge in [0.15, 0.2) is 0 Å². The van der Waals surface area contributed by atoms with Gasteiger partial charge in [-0.2, -0.15) is 5.26 Å². The number of benzene rings is 1. The highest BCUT2D eigenvalue weighted by Crippen LogP contribution is 2.29. The van der Waals surface area contributed by atoms with E-state index in [0.717, 1.165) is 34.8 Å². The number of nitrogens with one attached hydrogen (secondary N) is 1. The molecule has 1 aliphatic heterocycles. The summed E-state index contributed by atoms with van der Waals surface area (Å²) in [4.78, 5) is 11.3. The van der Waals surface area contributed by atoms with Crippen molar-refractivity contribution < 1.29 is 0 Å². The lowest BCUT2D eigenvalue weighted by molar-refractivity contribution is 0.215. The maximum absolute atomic E-state index is 9.32. The SMILES string of the molecule is Cc1cc(-c2nc(C#N)nc3c2ccn3C)ccc1NCCC1CCN(C)CC1. The lowest BCUT2D eigenvalue weighted by Gasteiger charge is -2.29. The molecular weight excluding hydrogens is 360 g/mol. The predicted octanol–water partition coefficient (Wildman–Crippen LogP) is 3.96. The molecule has 6 heteroatoms. The Hall–Kier alpha value is -2.91. The molecule has 0 atom stereocenters. The van der Waals surface area contributed by atoms with E-state index in [1.54, 1.807) is 0 Å². The Morgan fingerprint density at radius 1 is 1.17 bits per heavy atom. The molecule has 0 unspecified atom stereocenters. The van der Waals surface area contributed by atoms with Gasteiger partial charge >= 0.3 is 0 Å². The zero-order valence-corrected chi connectivity index (χ0v) is 17.4. The maximum Gasteiger partial charge on any atom is 0.234 e. The summed E-state index contributed by atoms with van der Waals surface area (Å²) < 4.78 is 1.92. The Morgan fingerprint density at radius 2 is 1.97 bits per heavy atom. The van der Waals surface area contributed by atoms with E-state index in [1.165, 1.54) is 43.6 Å². The third kappa shape index (κ3) is 4.10. The second-order valence-electron chi connectivity index (χ2n) is 8.16. The molecule has 150 valence electrons. The molecule has 3 heterocycles. The minimum atomic E-state index is 0.201. The highest BCUT2D eigenvalue weighted by Gasteiger charge is 2.16. The van der Waals surface area contributed by atoms with Gasteiger partial charge in [0.1, 0.15) is 11.7 Å². The van der Waals surface area contributed by atoms with Crippen LogP contribution in [0.2, 0.25) is 0 Å². The van der Waals surface area contributed by atoms with Crippen LogP contribution in [0.4, 0.5) is 5.69 Å². The van der Waals surface area contributed by atoms with Crippen LogP contribution in [0.5, 0.6) is 0 Å². The van der Waals surface area contributed by atoms with Gasteiger partial charge in [-0.05, 0) is 76.0 Å². The number of anilines is 1. The summed E-state index contributed by atoms with van der Waals surface area (Å²) in [7, 11) is 4.14. The van der Waals surface area contributed by atoms with Crippen molar-refractivity contribution in [3.63, 3.8) is 0 Å². The lowest BCUT2D eigenvalue weighted by Crippen LogP contribution is -2.30. The summed E-state index contributed by atoms with van der Waals surface area (Å²) >= 11 is 0. The average molecular weight is 389 g/mol. The summed E-state index contributed by atoms with van der Waals surface area (Å²) in [6, 6.07) is 10.5. The highest BCUT2D eigenvalue weighted by molar-refractivity contribution is 5.91. The van der Waals surface area contributed by atoms with Crippen LogP contribution in [0.15, 0.2) is 30.5 Å². The minimum absolute atomic E-state index is 0.201. The molecule has 29 heavy (non-hydrogen) atoms. The van der Waals surface area contributed by atoms with Crippen LogP contribution in [-0.4, -0.2) is 46.1 Å². The van der Waals surface area contributed by atoms with Crippen LogP contribution < -0.4 is 5.32 Å². The van der Waals surface area contributed by atoms with E-state index in [1.807, 2.05) is 23.9 Å². The number of aryl methyl sites for hydroxylation is 2. The van der Waals surface area contributed by atoms with Crippen molar-refractivity contribution in [2.45, 2.75) is 26.2 Å². The topological polar surface area (TPSA) is 69.8 Å². The normalized spacial score (nSPS) is 15.5. The van der Waals surface area contributed by atoms with Gasteiger partial charge in [-0.3, -0.25) is 0 Å². The number of aromatic nitrogens is 3. The third-order valence-corrected chi connectivity index (χ3v) is 6.03. The number of likely N-dealkylation sites (tertiary alicyclic amines) is 1. The highest BCUT2D eigenvalue weighted by atomic mass is 15.1. The second kappa shape index (κ2) is 8.22. The van der Waals surface area contributed by atoms with Gasteiger partial charge in [-0.15, -0.1) is 0 Å².